The molecule has 2 aromatic heterocycles. The van der Waals surface area contributed by atoms with Crippen LogP contribution in [0.25, 0.3) is 22.3 Å². The third-order valence-electron chi connectivity index (χ3n) is 8.11. The first-order valence-corrected chi connectivity index (χ1v) is 14.1. The lowest BCUT2D eigenvalue weighted by Crippen LogP contribution is -2.47. The second-order valence-corrected chi connectivity index (χ2v) is 11.3. The zero-order chi connectivity index (χ0) is 29.9. The summed E-state index contributed by atoms with van der Waals surface area (Å²) in [6.45, 7) is 9.23. The largest absolute Gasteiger partial charge is 0.458 e. The van der Waals surface area contributed by atoms with E-state index in [-0.39, 0.29) is 37.3 Å². The Hall–Kier alpha value is -4.54. The van der Waals surface area contributed by atoms with E-state index in [2.05, 4.69) is 18.7 Å². The number of esters is 3. The van der Waals surface area contributed by atoms with Gasteiger partial charge in [0.05, 0.1) is 45.8 Å². The maximum atomic E-state index is 14.0. The summed E-state index contributed by atoms with van der Waals surface area (Å²) >= 11 is 0. The Morgan fingerprint density at radius 3 is 2.62 bits per heavy atom. The minimum absolute atomic E-state index is 0.00238. The second-order valence-electron chi connectivity index (χ2n) is 11.3. The number of carbonyl (C=O) groups is 3. The molecule has 0 radical (unpaired) electrons. The van der Waals surface area contributed by atoms with E-state index in [1.165, 1.54) is 13.8 Å². The average molecular weight is 573 g/mol. The molecule has 1 aromatic carbocycles. The van der Waals surface area contributed by atoms with Gasteiger partial charge in [-0.05, 0) is 37.0 Å². The van der Waals surface area contributed by atoms with Crippen LogP contribution in [-0.2, 0) is 47.3 Å². The highest BCUT2D eigenvalue weighted by molar-refractivity contribution is 6.16. The molecule has 42 heavy (non-hydrogen) atoms. The molecule has 0 amide bonds. The molecular weight excluding hydrogens is 540 g/mol. The van der Waals surface area contributed by atoms with Crippen LogP contribution in [0.4, 0.5) is 11.4 Å². The Morgan fingerprint density at radius 2 is 1.93 bits per heavy atom. The van der Waals surface area contributed by atoms with Gasteiger partial charge in [0.2, 0.25) is 5.60 Å². The van der Waals surface area contributed by atoms with E-state index in [9.17, 15) is 19.2 Å². The smallest absolute Gasteiger partial charge is 0.355 e. The number of hydrogen-bond acceptors (Lipinski definition) is 10. The molecular formula is C31H32N4O7. The average Bonchev–Trinajstić information content (AvgIpc) is 3.31. The predicted octanol–water partition coefficient (Wildman–Crippen LogP) is 4.11. The molecule has 0 saturated heterocycles. The number of carbonyl (C=O) groups excluding carboxylic acids is 3. The van der Waals surface area contributed by atoms with Crippen molar-refractivity contribution < 1.29 is 28.6 Å². The van der Waals surface area contributed by atoms with E-state index < -0.39 is 23.5 Å². The Labute approximate surface area is 242 Å². The first-order valence-electron chi connectivity index (χ1n) is 14.1. The number of cyclic esters (lactones) is 1. The Kier molecular flexibility index (Phi) is 6.63. The number of benzene rings is 1. The fourth-order valence-corrected chi connectivity index (χ4v) is 6.11. The lowest BCUT2D eigenvalue weighted by atomic mass is 9.85. The van der Waals surface area contributed by atoms with Crippen molar-refractivity contribution in [3.8, 4) is 11.4 Å². The molecule has 218 valence electrons. The highest BCUT2D eigenvalue weighted by Crippen LogP contribution is 2.47. The molecule has 11 nitrogen and oxygen atoms in total. The maximum absolute atomic E-state index is 14.0. The molecule has 5 heterocycles. The number of rotatable bonds is 7. The van der Waals surface area contributed by atoms with Crippen LogP contribution < -0.4 is 10.5 Å². The normalized spacial score (nSPS) is 18.3. The van der Waals surface area contributed by atoms with E-state index in [4.69, 9.17) is 24.2 Å². The van der Waals surface area contributed by atoms with E-state index in [1.807, 2.05) is 18.2 Å². The van der Waals surface area contributed by atoms with Crippen LogP contribution in [0.3, 0.4) is 0 Å². The van der Waals surface area contributed by atoms with E-state index >= 15 is 0 Å². The second kappa shape index (κ2) is 10.1. The fourth-order valence-electron chi connectivity index (χ4n) is 6.11. The molecule has 3 aliphatic rings. The number of hydrogen-bond donors (Lipinski definition) is 0. The van der Waals surface area contributed by atoms with Crippen LogP contribution in [0.5, 0.6) is 0 Å². The molecule has 11 heteroatoms. The highest BCUT2D eigenvalue weighted by Gasteiger charge is 2.50. The number of aliphatic imine (C=N–C) groups is 1. The molecule has 0 aliphatic carbocycles. The Balaban J connectivity index is 1.60. The zero-order valence-corrected chi connectivity index (χ0v) is 24.3. The Morgan fingerprint density at radius 1 is 1.14 bits per heavy atom. The van der Waals surface area contributed by atoms with Crippen molar-refractivity contribution in [3.63, 3.8) is 0 Å². The summed E-state index contributed by atoms with van der Waals surface area (Å²) in [5.74, 6) is -0.758. The van der Waals surface area contributed by atoms with Gasteiger partial charge in [-0.25, -0.2) is 14.8 Å². The lowest BCUT2D eigenvalue weighted by Gasteiger charge is -2.35. The van der Waals surface area contributed by atoms with Crippen LogP contribution in [-0.4, -0.2) is 46.4 Å². The van der Waals surface area contributed by atoms with Gasteiger partial charge in [0.1, 0.15) is 19.0 Å². The predicted molar refractivity (Wildman–Crippen MR) is 155 cm³/mol. The number of anilines is 1. The van der Waals surface area contributed by atoms with E-state index in [1.54, 1.807) is 17.6 Å². The number of fused-ring (bicyclic) bond motifs is 5. The summed E-state index contributed by atoms with van der Waals surface area (Å²) in [5, 5.41) is 0.860. The van der Waals surface area contributed by atoms with E-state index in [0.29, 0.717) is 46.5 Å². The third-order valence-corrected chi connectivity index (χ3v) is 8.11. The quantitative estimate of drug-likeness (QED) is 0.237. The lowest BCUT2D eigenvalue weighted by molar-refractivity contribution is -0.188. The molecule has 0 N–H and O–H groups in total. The molecule has 0 saturated carbocycles. The zero-order valence-electron chi connectivity index (χ0n) is 24.3. The number of nitrogens with zero attached hydrogens (tertiary/aromatic N) is 4. The molecule has 1 atom stereocenters. The fraction of sp³-hybridized carbons (Fsp3) is 0.419. The van der Waals surface area contributed by atoms with Crippen molar-refractivity contribution in [2.24, 2.45) is 10.9 Å². The van der Waals surface area contributed by atoms with Gasteiger partial charge in [-0.1, -0.05) is 26.8 Å². The van der Waals surface area contributed by atoms with Gasteiger partial charge >= 0.3 is 17.9 Å². The SMILES string of the molecule is CC[C@@]1(OC(C)=O)C(=O)OCc2c1cc1n(c2=O)Cc2c-1nc1cccc3c1c2N(CCC(C)C)C(COC(C)=O)=N3. The molecule has 3 aromatic rings. The van der Waals surface area contributed by atoms with Crippen LogP contribution in [0.15, 0.2) is 34.1 Å². The van der Waals surface area contributed by atoms with Crippen molar-refractivity contribution in [3.05, 3.63) is 51.3 Å². The van der Waals surface area contributed by atoms with Crippen LogP contribution >= 0.6 is 0 Å². The Bertz CT molecular complexity index is 1770. The van der Waals surface area contributed by atoms with Crippen LogP contribution in [0, 0.1) is 5.92 Å². The number of amidine groups is 1. The van der Waals surface area contributed by atoms with Crippen molar-refractivity contribution in [1.82, 2.24) is 9.55 Å². The molecule has 3 aliphatic heterocycles. The number of aromatic nitrogens is 2. The molecule has 0 bridgehead atoms. The van der Waals surface area contributed by atoms with Crippen molar-refractivity contribution in [1.29, 1.82) is 0 Å². The van der Waals surface area contributed by atoms with Gasteiger partial charge in [-0.2, -0.15) is 0 Å². The van der Waals surface area contributed by atoms with Crippen molar-refractivity contribution >= 4 is 46.0 Å². The van der Waals surface area contributed by atoms with Gasteiger partial charge in [0.15, 0.2) is 0 Å². The standard InChI is InChI=1S/C31H32N4O7/c1-6-31(42-18(5)37)21-12-24-27-19(13-35(24)29(38)20(21)14-41-30(31)39)28-26-22(8-7-9-23(26)33-27)32-25(15-40-17(4)36)34(28)11-10-16(2)3/h7-9,12,16H,6,10-11,13-15H2,1-5H3/t31-/m0/s1. The maximum Gasteiger partial charge on any atom is 0.355 e. The summed E-state index contributed by atoms with van der Waals surface area (Å²) in [6, 6.07) is 7.42. The molecule has 0 fully saturated rings. The highest BCUT2D eigenvalue weighted by atomic mass is 16.6. The van der Waals surface area contributed by atoms with Crippen LogP contribution in [0.1, 0.15) is 64.2 Å². The minimum Gasteiger partial charge on any atom is -0.458 e. The van der Waals surface area contributed by atoms with E-state index in [0.717, 1.165) is 23.1 Å². The first kappa shape index (κ1) is 27.6. The monoisotopic (exact) mass is 572 g/mol. The van der Waals surface area contributed by atoms with Crippen LogP contribution in [0.2, 0.25) is 0 Å². The van der Waals surface area contributed by atoms with Gasteiger partial charge in [-0.15, -0.1) is 0 Å². The molecule has 0 unspecified atom stereocenters. The topological polar surface area (TPSA) is 129 Å². The summed E-state index contributed by atoms with van der Waals surface area (Å²) in [4.78, 5) is 62.9. The molecule has 0 spiro atoms. The molecule has 6 rings (SSSR count). The summed E-state index contributed by atoms with van der Waals surface area (Å²) < 4.78 is 18.0. The third kappa shape index (κ3) is 4.17. The van der Waals surface area contributed by atoms with Crippen molar-refractivity contribution in [2.75, 3.05) is 18.1 Å². The summed E-state index contributed by atoms with van der Waals surface area (Å²) in [7, 11) is 0. The minimum atomic E-state index is -1.72. The summed E-state index contributed by atoms with van der Waals surface area (Å²) in [6.07, 6.45) is 0.953. The van der Waals surface area contributed by atoms with Gasteiger partial charge in [-0.3, -0.25) is 14.4 Å². The van der Waals surface area contributed by atoms with Crippen molar-refractivity contribution in [2.45, 2.75) is 66.2 Å². The number of ether oxygens (including phenoxy) is 3. The van der Waals surface area contributed by atoms with Gasteiger partial charge in [0.25, 0.3) is 5.56 Å². The first-order chi connectivity index (χ1) is 20.1. The van der Waals surface area contributed by atoms with Gasteiger partial charge < -0.3 is 23.7 Å². The van der Waals surface area contributed by atoms with Gasteiger partial charge in [0, 0.05) is 31.5 Å². The number of pyridine rings is 2. The summed E-state index contributed by atoms with van der Waals surface area (Å²) in [5.41, 5.74) is 2.81.